The molecule has 0 aliphatic rings. The van der Waals surface area contributed by atoms with Gasteiger partial charge in [0.25, 0.3) is 0 Å². The summed E-state index contributed by atoms with van der Waals surface area (Å²) >= 11 is 0. The van der Waals surface area contributed by atoms with Crippen LogP contribution in [0.15, 0.2) is 6.20 Å². The first-order valence-corrected chi connectivity index (χ1v) is 3.01. The Hall–Kier alpha value is -1.19. The smallest absolute Gasteiger partial charge is 0.183 e. The van der Waals surface area contributed by atoms with Gasteiger partial charge in [-0.15, -0.1) is 0 Å². The number of nitrogens with two attached hydrogens (primary N) is 1. The molecule has 0 atom stereocenters. The van der Waals surface area contributed by atoms with E-state index in [9.17, 15) is 4.39 Å². The molecule has 0 spiro atoms. The molecule has 0 unspecified atom stereocenters. The second kappa shape index (κ2) is 2.60. The van der Waals surface area contributed by atoms with Crippen LogP contribution in [-0.2, 0) is 6.42 Å². The van der Waals surface area contributed by atoms with Crippen molar-refractivity contribution in [3.8, 4) is 0 Å². The second-order valence-electron chi connectivity index (χ2n) is 1.87. The summed E-state index contributed by atoms with van der Waals surface area (Å²) in [5.41, 5.74) is 5.17. The lowest BCUT2D eigenvalue weighted by Gasteiger charge is -1.96. The summed E-state index contributed by atoms with van der Waals surface area (Å²) in [6.45, 7) is 1.88. The van der Waals surface area contributed by atoms with Gasteiger partial charge in [0.1, 0.15) is 5.82 Å². The molecule has 0 saturated heterocycles. The molecule has 0 saturated carbocycles. The zero-order chi connectivity index (χ0) is 7.56. The van der Waals surface area contributed by atoms with Crippen LogP contribution < -0.4 is 5.73 Å². The number of nitrogens with zero attached hydrogens (tertiary/aromatic N) is 2. The number of anilines is 1. The maximum absolute atomic E-state index is 12.4. The third-order valence-electron chi connectivity index (χ3n) is 1.14. The summed E-state index contributed by atoms with van der Waals surface area (Å²) in [5, 5.41) is 0. The Morgan fingerprint density at radius 1 is 1.70 bits per heavy atom. The monoisotopic (exact) mass is 141 g/mol. The van der Waals surface area contributed by atoms with Crippen LogP contribution in [0.4, 0.5) is 10.2 Å². The van der Waals surface area contributed by atoms with E-state index in [-0.39, 0.29) is 5.82 Å². The molecular weight excluding hydrogens is 133 g/mol. The molecule has 0 radical (unpaired) electrons. The standard InChI is InChI=1S/C6H8FN3/c1-2-5-9-3-4(7)6(8)10-5/h3H,2H2,1H3,(H2,8,9,10). The maximum atomic E-state index is 12.4. The van der Waals surface area contributed by atoms with E-state index in [4.69, 9.17) is 5.73 Å². The van der Waals surface area contributed by atoms with E-state index in [2.05, 4.69) is 9.97 Å². The fraction of sp³-hybridized carbons (Fsp3) is 0.333. The van der Waals surface area contributed by atoms with Gasteiger partial charge in [0, 0.05) is 6.42 Å². The normalized spacial score (nSPS) is 9.80. The van der Waals surface area contributed by atoms with Gasteiger partial charge in [0.05, 0.1) is 6.20 Å². The number of aromatic nitrogens is 2. The molecule has 10 heavy (non-hydrogen) atoms. The van der Waals surface area contributed by atoms with Crippen molar-refractivity contribution in [2.45, 2.75) is 13.3 Å². The van der Waals surface area contributed by atoms with Gasteiger partial charge in [-0.1, -0.05) is 6.92 Å². The summed E-state index contributed by atoms with van der Waals surface area (Å²) in [6, 6.07) is 0. The fourth-order valence-electron chi connectivity index (χ4n) is 0.589. The molecule has 1 aromatic heterocycles. The Balaban J connectivity index is 3.04. The SMILES string of the molecule is CCc1ncc(F)c(N)n1. The quantitative estimate of drug-likeness (QED) is 0.628. The number of rotatable bonds is 1. The Kier molecular flexibility index (Phi) is 1.80. The average molecular weight is 141 g/mol. The molecule has 1 aromatic rings. The van der Waals surface area contributed by atoms with Crippen LogP contribution in [0.2, 0.25) is 0 Å². The van der Waals surface area contributed by atoms with Crippen molar-refractivity contribution in [1.82, 2.24) is 9.97 Å². The molecule has 4 heteroatoms. The minimum absolute atomic E-state index is 0.0770. The number of aryl methyl sites for hydroxylation is 1. The third-order valence-corrected chi connectivity index (χ3v) is 1.14. The van der Waals surface area contributed by atoms with Gasteiger partial charge in [0.15, 0.2) is 11.6 Å². The van der Waals surface area contributed by atoms with Gasteiger partial charge in [-0.2, -0.15) is 0 Å². The molecule has 54 valence electrons. The zero-order valence-corrected chi connectivity index (χ0v) is 5.63. The predicted octanol–water partition coefficient (Wildman–Crippen LogP) is 0.760. The predicted molar refractivity (Wildman–Crippen MR) is 35.8 cm³/mol. The van der Waals surface area contributed by atoms with E-state index in [1.807, 2.05) is 6.92 Å². The molecule has 0 bridgehead atoms. The van der Waals surface area contributed by atoms with Crippen LogP contribution in [0, 0.1) is 5.82 Å². The van der Waals surface area contributed by atoms with Crippen molar-refractivity contribution < 1.29 is 4.39 Å². The zero-order valence-electron chi connectivity index (χ0n) is 5.63. The van der Waals surface area contributed by atoms with Crippen molar-refractivity contribution in [3.63, 3.8) is 0 Å². The van der Waals surface area contributed by atoms with Crippen LogP contribution in [-0.4, -0.2) is 9.97 Å². The second-order valence-corrected chi connectivity index (χ2v) is 1.87. The molecule has 1 rings (SSSR count). The highest BCUT2D eigenvalue weighted by Crippen LogP contribution is 2.03. The summed E-state index contributed by atoms with van der Waals surface area (Å²) in [7, 11) is 0. The number of nitrogen functional groups attached to an aromatic ring is 1. The molecule has 3 nitrogen and oxygen atoms in total. The van der Waals surface area contributed by atoms with Gasteiger partial charge in [-0.05, 0) is 0 Å². The Morgan fingerprint density at radius 3 is 2.90 bits per heavy atom. The van der Waals surface area contributed by atoms with Crippen LogP contribution in [0.1, 0.15) is 12.7 Å². The lowest BCUT2D eigenvalue weighted by atomic mass is 10.4. The summed E-state index contributed by atoms with van der Waals surface area (Å²) < 4.78 is 12.4. The molecule has 0 aliphatic carbocycles. The van der Waals surface area contributed by atoms with Crippen molar-refractivity contribution in [2.75, 3.05) is 5.73 Å². The molecule has 0 amide bonds. The van der Waals surface area contributed by atoms with Gasteiger partial charge in [-0.25, -0.2) is 14.4 Å². The van der Waals surface area contributed by atoms with E-state index in [0.29, 0.717) is 12.2 Å². The Morgan fingerprint density at radius 2 is 2.40 bits per heavy atom. The average Bonchev–Trinajstić information content (AvgIpc) is 1.95. The maximum Gasteiger partial charge on any atom is 0.183 e. The highest BCUT2D eigenvalue weighted by atomic mass is 19.1. The van der Waals surface area contributed by atoms with Crippen LogP contribution in [0.25, 0.3) is 0 Å². The minimum atomic E-state index is -0.558. The highest BCUT2D eigenvalue weighted by molar-refractivity contribution is 5.27. The Labute approximate surface area is 58.1 Å². The van der Waals surface area contributed by atoms with Crippen molar-refractivity contribution >= 4 is 5.82 Å². The first-order chi connectivity index (χ1) is 4.74. The van der Waals surface area contributed by atoms with E-state index < -0.39 is 5.82 Å². The molecule has 0 fully saturated rings. The minimum Gasteiger partial charge on any atom is -0.381 e. The van der Waals surface area contributed by atoms with Crippen molar-refractivity contribution in [2.24, 2.45) is 0 Å². The third kappa shape index (κ3) is 1.21. The van der Waals surface area contributed by atoms with Crippen LogP contribution in [0.3, 0.4) is 0 Å². The number of hydrogen-bond acceptors (Lipinski definition) is 3. The van der Waals surface area contributed by atoms with Crippen molar-refractivity contribution in [3.05, 3.63) is 17.8 Å². The highest BCUT2D eigenvalue weighted by Gasteiger charge is 1.99. The molecule has 0 aliphatic heterocycles. The van der Waals surface area contributed by atoms with Gasteiger partial charge < -0.3 is 5.73 Å². The van der Waals surface area contributed by atoms with Gasteiger partial charge in [0.2, 0.25) is 0 Å². The van der Waals surface area contributed by atoms with E-state index in [1.54, 1.807) is 0 Å². The molecule has 2 N–H and O–H groups in total. The largest absolute Gasteiger partial charge is 0.381 e. The van der Waals surface area contributed by atoms with Crippen LogP contribution >= 0.6 is 0 Å². The number of halogens is 1. The van der Waals surface area contributed by atoms with Gasteiger partial charge in [-0.3, -0.25) is 0 Å². The summed E-state index contributed by atoms with van der Waals surface area (Å²) in [4.78, 5) is 7.37. The first kappa shape index (κ1) is 6.92. The fourth-order valence-corrected chi connectivity index (χ4v) is 0.589. The van der Waals surface area contributed by atoms with Crippen LogP contribution in [0.5, 0.6) is 0 Å². The molecular formula is C6H8FN3. The van der Waals surface area contributed by atoms with Gasteiger partial charge >= 0.3 is 0 Å². The summed E-state index contributed by atoms with van der Waals surface area (Å²) in [5.74, 6) is -0.0667. The topological polar surface area (TPSA) is 51.8 Å². The van der Waals surface area contributed by atoms with Crippen molar-refractivity contribution in [1.29, 1.82) is 0 Å². The lowest BCUT2D eigenvalue weighted by molar-refractivity contribution is 0.615. The first-order valence-electron chi connectivity index (χ1n) is 3.01. The van der Waals surface area contributed by atoms with E-state index in [0.717, 1.165) is 6.20 Å². The number of hydrogen-bond donors (Lipinski definition) is 1. The molecule has 1 heterocycles. The van der Waals surface area contributed by atoms with E-state index >= 15 is 0 Å². The lowest BCUT2D eigenvalue weighted by Crippen LogP contribution is -2.00. The summed E-state index contributed by atoms with van der Waals surface area (Å²) in [6.07, 6.45) is 1.76. The molecule has 0 aromatic carbocycles. The van der Waals surface area contributed by atoms with E-state index in [1.165, 1.54) is 0 Å². The Bertz CT molecular complexity index is 236.